The standard InChI is InChI=1S/C15H12N4O2/c16-8-13-3-5-17-15(18-13)19-6-4-10-1-2-11(14(20)21)7-12(10)9-19/h1-3,5,7H,4,6,9H2,(H,20,21). The molecule has 2 aromatic rings. The summed E-state index contributed by atoms with van der Waals surface area (Å²) in [5.74, 6) is -0.432. The molecule has 1 N–H and O–H groups in total. The number of fused-ring (bicyclic) bond motifs is 1. The molecule has 0 saturated heterocycles. The summed E-state index contributed by atoms with van der Waals surface area (Å²) < 4.78 is 0. The van der Waals surface area contributed by atoms with Gasteiger partial charge < -0.3 is 10.0 Å². The van der Waals surface area contributed by atoms with Gasteiger partial charge in [0, 0.05) is 19.3 Å². The Labute approximate surface area is 121 Å². The molecule has 0 radical (unpaired) electrons. The van der Waals surface area contributed by atoms with Gasteiger partial charge in [-0.2, -0.15) is 5.26 Å². The van der Waals surface area contributed by atoms with E-state index in [0.29, 0.717) is 18.2 Å². The van der Waals surface area contributed by atoms with Gasteiger partial charge in [0.25, 0.3) is 0 Å². The van der Waals surface area contributed by atoms with Crippen molar-refractivity contribution < 1.29 is 9.90 Å². The Kier molecular flexibility index (Phi) is 3.24. The van der Waals surface area contributed by atoms with Crippen LogP contribution in [0.1, 0.15) is 27.2 Å². The average Bonchev–Trinajstić information content (AvgIpc) is 2.53. The molecule has 3 rings (SSSR count). The number of carboxylic acid groups (broad SMARTS) is 1. The summed E-state index contributed by atoms with van der Waals surface area (Å²) in [7, 11) is 0. The fourth-order valence-corrected chi connectivity index (χ4v) is 2.42. The number of hydrogen-bond acceptors (Lipinski definition) is 5. The van der Waals surface area contributed by atoms with Crippen molar-refractivity contribution in [2.75, 3.05) is 11.4 Å². The monoisotopic (exact) mass is 280 g/mol. The predicted molar refractivity (Wildman–Crippen MR) is 74.9 cm³/mol. The number of anilines is 1. The highest BCUT2D eigenvalue weighted by Crippen LogP contribution is 2.23. The summed E-state index contributed by atoms with van der Waals surface area (Å²) in [6.45, 7) is 1.29. The molecule has 0 saturated carbocycles. The summed E-state index contributed by atoms with van der Waals surface area (Å²) in [6.07, 6.45) is 2.36. The molecule has 6 heteroatoms. The first-order valence-electron chi connectivity index (χ1n) is 6.50. The summed E-state index contributed by atoms with van der Waals surface area (Å²) in [4.78, 5) is 21.4. The molecule has 1 aliphatic heterocycles. The Balaban J connectivity index is 1.91. The molecule has 104 valence electrons. The van der Waals surface area contributed by atoms with Crippen molar-refractivity contribution in [2.24, 2.45) is 0 Å². The van der Waals surface area contributed by atoms with E-state index in [4.69, 9.17) is 10.4 Å². The third-order valence-electron chi connectivity index (χ3n) is 3.51. The SMILES string of the molecule is N#Cc1ccnc(N2CCc3ccc(C(=O)O)cc3C2)n1. The van der Waals surface area contributed by atoms with Crippen LogP contribution in [-0.4, -0.2) is 27.6 Å². The summed E-state index contributed by atoms with van der Waals surface area (Å²) in [5, 5.41) is 18.0. The predicted octanol–water partition coefficient (Wildman–Crippen LogP) is 1.61. The van der Waals surface area contributed by atoms with Crippen molar-refractivity contribution in [1.29, 1.82) is 5.26 Å². The average molecular weight is 280 g/mol. The lowest BCUT2D eigenvalue weighted by atomic mass is 9.97. The third-order valence-corrected chi connectivity index (χ3v) is 3.51. The van der Waals surface area contributed by atoms with Crippen molar-refractivity contribution in [1.82, 2.24) is 9.97 Å². The third kappa shape index (κ3) is 2.54. The van der Waals surface area contributed by atoms with Gasteiger partial charge in [-0.25, -0.2) is 14.8 Å². The Bertz CT molecular complexity index is 752. The molecule has 0 bridgehead atoms. The number of nitrogens with zero attached hydrogens (tertiary/aromatic N) is 4. The van der Waals surface area contributed by atoms with E-state index >= 15 is 0 Å². The molecule has 0 atom stereocenters. The molecule has 0 amide bonds. The van der Waals surface area contributed by atoms with Crippen molar-refractivity contribution >= 4 is 11.9 Å². The van der Waals surface area contributed by atoms with Gasteiger partial charge in [0.1, 0.15) is 11.8 Å². The summed E-state index contributed by atoms with van der Waals surface area (Å²) in [6, 6.07) is 8.74. The zero-order chi connectivity index (χ0) is 14.8. The maximum absolute atomic E-state index is 11.0. The first-order chi connectivity index (χ1) is 10.2. The maximum Gasteiger partial charge on any atom is 0.335 e. The summed E-state index contributed by atoms with van der Waals surface area (Å²) in [5.41, 5.74) is 2.71. The first kappa shape index (κ1) is 13.1. The van der Waals surface area contributed by atoms with Crippen LogP contribution >= 0.6 is 0 Å². The quantitative estimate of drug-likeness (QED) is 0.898. The van der Waals surface area contributed by atoms with Crippen molar-refractivity contribution in [3.63, 3.8) is 0 Å². The number of hydrogen-bond donors (Lipinski definition) is 1. The highest BCUT2D eigenvalue weighted by Gasteiger charge is 2.20. The number of aromatic nitrogens is 2. The van der Waals surface area contributed by atoms with E-state index in [9.17, 15) is 4.79 Å². The Hall–Kier alpha value is -2.94. The molecule has 0 aliphatic carbocycles. The Morgan fingerprint density at radius 3 is 2.95 bits per heavy atom. The molecule has 21 heavy (non-hydrogen) atoms. The molecule has 1 aromatic carbocycles. The van der Waals surface area contributed by atoms with Gasteiger partial charge >= 0.3 is 5.97 Å². The first-order valence-corrected chi connectivity index (χ1v) is 6.50. The molecule has 0 spiro atoms. The number of carboxylic acids is 1. The van der Waals surface area contributed by atoms with Gasteiger partial charge in [-0.15, -0.1) is 0 Å². The molecule has 1 aliphatic rings. The topological polar surface area (TPSA) is 90.1 Å². The minimum atomic E-state index is -0.933. The van der Waals surface area contributed by atoms with Gasteiger partial charge in [-0.05, 0) is 35.7 Å². The van der Waals surface area contributed by atoms with Crippen LogP contribution in [-0.2, 0) is 13.0 Å². The fraction of sp³-hybridized carbons (Fsp3) is 0.200. The van der Waals surface area contributed by atoms with Gasteiger partial charge in [-0.1, -0.05) is 6.07 Å². The van der Waals surface area contributed by atoms with Crippen molar-refractivity contribution in [3.05, 3.63) is 52.8 Å². The zero-order valence-corrected chi connectivity index (χ0v) is 11.2. The number of rotatable bonds is 2. The number of aromatic carboxylic acids is 1. The van der Waals surface area contributed by atoms with E-state index in [2.05, 4.69) is 9.97 Å². The van der Waals surface area contributed by atoms with Gasteiger partial charge in [0.15, 0.2) is 0 Å². The van der Waals surface area contributed by atoms with Crippen molar-refractivity contribution in [3.8, 4) is 6.07 Å². The molecular formula is C15H12N4O2. The van der Waals surface area contributed by atoms with E-state index in [-0.39, 0.29) is 5.56 Å². The molecule has 2 heterocycles. The smallest absolute Gasteiger partial charge is 0.335 e. The lowest BCUT2D eigenvalue weighted by Crippen LogP contribution is -2.32. The minimum Gasteiger partial charge on any atom is -0.478 e. The molecule has 0 fully saturated rings. The lowest BCUT2D eigenvalue weighted by molar-refractivity contribution is 0.0696. The Morgan fingerprint density at radius 1 is 1.33 bits per heavy atom. The highest BCUT2D eigenvalue weighted by atomic mass is 16.4. The van der Waals surface area contributed by atoms with E-state index in [1.165, 1.54) is 0 Å². The Morgan fingerprint density at radius 2 is 2.19 bits per heavy atom. The zero-order valence-electron chi connectivity index (χ0n) is 11.2. The van der Waals surface area contributed by atoms with Crippen LogP contribution in [0.5, 0.6) is 0 Å². The van der Waals surface area contributed by atoms with Crippen LogP contribution < -0.4 is 4.90 Å². The normalized spacial score (nSPS) is 13.4. The molecule has 1 aromatic heterocycles. The second-order valence-corrected chi connectivity index (χ2v) is 4.81. The van der Waals surface area contributed by atoms with E-state index in [1.54, 1.807) is 24.4 Å². The number of carbonyl (C=O) groups is 1. The number of nitriles is 1. The van der Waals surface area contributed by atoms with Gasteiger partial charge in [0.05, 0.1) is 5.56 Å². The second-order valence-electron chi connectivity index (χ2n) is 4.81. The van der Waals surface area contributed by atoms with E-state index < -0.39 is 5.97 Å². The van der Waals surface area contributed by atoms with E-state index in [0.717, 1.165) is 24.1 Å². The summed E-state index contributed by atoms with van der Waals surface area (Å²) >= 11 is 0. The molecular weight excluding hydrogens is 268 g/mol. The highest BCUT2D eigenvalue weighted by molar-refractivity contribution is 5.88. The van der Waals surface area contributed by atoms with Crippen molar-refractivity contribution in [2.45, 2.75) is 13.0 Å². The van der Waals surface area contributed by atoms with Crippen LogP contribution in [0.4, 0.5) is 5.95 Å². The van der Waals surface area contributed by atoms with E-state index in [1.807, 2.05) is 17.0 Å². The fourth-order valence-electron chi connectivity index (χ4n) is 2.42. The van der Waals surface area contributed by atoms with Crippen LogP contribution in [0.3, 0.4) is 0 Å². The van der Waals surface area contributed by atoms with Gasteiger partial charge in [-0.3, -0.25) is 0 Å². The maximum atomic E-state index is 11.0. The largest absolute Gasteiger partial charge is 0.478 e. The second kappa shape index (κ2) is 5.21. The van der Waals surface area contributed by atoms with Crippen LogP contribution in [0.15, 0.2) is 30.5 Å². The minimum absolute atomic E-state index is 0.280. The van der Waals surface area contributed by atoms with Crippen LogP contribution in [0, 0.1) is 11.3 Å². The van der Waals surface area contributed by atoms with Crippen LogP contribution in [0.2, 0.25) is 0 Å². The number of benzene rings is 1. The molecule has 0 unspecified atom stereocenters. The molecule has 6 nitrogen and oxygen atoms in total. The van der Waals surface area contributed by atoms with Gasteiger partial charge in [0.2, 0.25) is 5.95 Å². The lowest BCUT2D eigenvalue weighted by Gasteiger charge is -2.29. The van der Waals surface area contributed by atoms with Crippen LogP contribution in [0.25, 0.3) is 0 Å².